The zero-order valence-electron chi connectivity index (χ0n) is 19.7. The number of aromatic nitrogens is 1. The monoisotopic (exact) mass is 414 g/mol. The number of aromatic amines is 1. The maximum Gasteiger partial charge on any atom is 0.0457 e. The Hall–Kier alpha value is -2.06. The summed E-state index contributed by atoms with van der Waals surface area (Å²) in [6.07, 6.45) is 8.76. The van der Waals surface area contributed by atoms with Crippen molar-refractivity contribution in [2.45, 2.75) is 77.7 Å². The number of nitrogens with one attached hydrogen (secondary N) is 2. The lowest BCUT2D eigenvalue weighted by Crippen LogP contribution is -2.52. The molecule has 0 aliphatic heterocycles. The summed E-state index contributed by atoms with van der Waals surface area (Å²) in [5.41, 5.74) is 8.07. The van der Waals surface area contributed by atoms with Crippen LogP contribution in [0.15, 0.2) is 48.7 Å². The molecule has 164 valence electrons. The van der Waals surface area contributed by atoms with E-state index in [-0.39, 0.29) is 0 Å². The van der Waals surface area contributed by atoms with Gasteiger partial charge in [-0.25, -0.2) is 0 Å². The Labute approximate surface area is 187 Å². The van der Waals surface area contributed by atoms with E-state index in [4.69, 9.17) is 0 Å². The van der Waals surface area contributed by atoms with Crippen molar-refractivity contribution in [3.8, 4) is 0 Å². The number of H-pyrrole nitrogens is 1. The average molecular weight is 415 g/mol. The molecular weight excluding hydrogens is 376 g/mol. The fraction of sp³-hybridized carbons (Fsp3) is 0.517. The standard InChI is InChI=1S/C29H38N2/c1-20(2)21-10-12-25-22(16-21)11-13-27-28(3,14-7-15-29(25,27)4)19-30-17-23-18-31-26-9-6-5-8-24(23)26/h5-6,8-10,12,16,18,20,27,30-31H,7,11,13-15,17,19H2,1-4H3/t27-,28-,29-/m1/s1. The lowest BCUT2D eigenvalue weighted by molar-refractivity contribution is 0.0257. The van der Waals surface area contributed by atoms with E-state index in [1.807, 2.05) is 0 Å². The van der Waals surface area contributed by atoms with E-state index >= 15 is 0 Å². The van der Waals surface area contributed by atoms with Crippen LogP contribution in [0, 0.1) is 11.3 Å². The Balaban J connectivity index is 1.35. The molecule has 0 unspecified atom stereocenters. The van der Waals surface area contributed by atoms with Gasteiger partial charge in [-0.2, -0.15) is 0 Å². The summed E-state index contributed by atoms with van der Waals surface area (Å²) in [4.78, 5) is 3.42. The summed E-state index contributed by atoms with van der Waals surface area (Å²) < 4.78 is 0. The number of rotatable bonds is 5. The van der Waals surface area contributed by atoms with Crippen LogP contribution in [0.4, 0.5) is 0 Å². The Kier molecular flexibility index (Phi) is 5.25. The predicted molar refractivity (Wildman–Crippen MR) is 132 cm³/mol. The van der Waals surface area contributed by atoms with Crippen LogP contribution >= 0.6 is 0 Å². The summed E-state index contributed by atoms with van der Waals surface area (Å²) in [5, 5.41) is 5.22. The van der Waals surface area contributed by atoms with Gasteiger partial charge in [0.25, 0.3) is 0 Å². The number of aryl methyl sites for hydroxylation is 1. The maximum atomic E-state index is 3.87. The van der Waals surface area contributed by atoms with Crippen LogP contribution in [-0.2, 0) is 18.4 Å². The minimum atomic E-state index is 0.318. The van der Waals surface area contributed by atoms with Gasteiger partial charge in [-0.05, 0) is 76.7 Å². The highest BCUT2D eigenvalue weighted by atomic mass is 14.9. The van der Waals surface area contributed by atoms with Crippen molar-refractivity contribution in [3.63, 3.8) is 0 Å². The molecule has 0 amide bonds. The largest absolute Gasteiger partial charge is 0.361 e. The van der Waals surface area contributed by atoms with Crippen molar-refractivity contribution in [1.29, 1.82) is 0 Å². The van der Waals surface area contributed by atoms with Crippen molar-refractivity contribution >= 4 is 10.9 Å². The molecule has 2 aliphatic rings. The fourth-order valence-electron chi connectivity index (χ4n) is 6.98. The first kappa shape index (κ1) is 20.8. The van der Waals surface area contributed by atoms with Gasteiger partial charge in [0.2, 0.25) is 0 Å². The van der Waals surface area contributed by atoms with E-state index in [0.717, 1.165) is 19.0 Å². The molecule has 0 bridgehead atoms. The number of fused-ring (bicyclic) bond motifs is 4. The van der Waals surface area contributed by atoms with Crippen LogP contribution in [0.3, 0.4) is 0 Å². The number of benzene rings is 2. The number of hydrogen-bond donors (Lipinski definition) is 2. The Morgan fingerprint density at radius 3 is 2.77 bits per heavy atom. The number of hydrogen-bond acceptors (Lipinski definition) is 1. The van der Waals surface area contributed by atoms with E-state index in [9.17, 15) is 0 Å². The van der Waals surface area contributed by atoms with Gasteiger partial charge in [0.05, 0.1) is 0 Å². The van der Waals surface area contributed by atoms with Crippen molar-refractivity contribution in [1.82, 2.24) is 10.3 Å². The second kappa shape index (κ2) is 7.81. The van der Waals surface area contributed by atoms with E-state index < -0.39 is 0 Å². The summed E-state index contributed by atoms with van der Waals surface area (Å²) in [7, 11) is 0. The van der Waals surface area contributed by atoms with E-state index in [1.165, 1.54) is 54.1 Å². The molecule has 2 aliphatic carbocycles. The highest BCUT2D eigenvalue weighted by Crippen LogP contribution is 2.57. The Morgan fingerprint density at radius 1 is 1.10 bits per heavy atom. The lowest BCUT2D eigenvalue weighted by Gasteiger charge is -2.55. The van der Waals surface area contributed by atoms with Gasteiger partial charge in [0.15, 0.2) is 0 Å². The van der Waals surface area contributed by atoms with Crippen LogP contribution < -0.4 is 5.32 Å². The maximum absolute atomic E-state index is 3.87. The highest BCUT2D eigenvalue weighted by Gasteiger charge is 2.51. The van der Waals surface area contributed by atoms with Crippen molar-refractivity contribution < 1.29 is 0 Å². The van der Waals surface area contributed by atoms with Gasteiger partial charge in [0.1, 0.15) is 0 Å². The predicted octanol–water partition coefficient (Wildman–Crippen LogP) is 7.09. The minimum Gasteiger partial charge on any atom is -0.361 e. The molecule has 2 N–H and O–H groups in total. The third-order valence-electron chi connectivity index (χ3n) is 8.69. The van der Waals surface area contributed by atoms with Crippen LogP contribution in [0.25, 0.3) is 10.9 Å². The molecular formula is C29H38N2. The summed E-state index contributed by atoms with van der Waals surface area (Å²) >= 11 is 0. The molecule has 2 nitrogen and oxygen atoms in total. The first-order valence-electron chi connectivity index (χ1n) is 12.3. The van der Waals surface area contributed by atoms with Crippen molar-refractivity contribution in [2.75, 3.05) is 6.54 Å². The molecule has 1 saturated carbocycles. The Morgan fingerprint density at radius 2 is 1.94 bits per heavy atom. The fourth-order valence-corrected chi connectivity index (χ4v) is 6.98. The third-order valence-corrected chi connectivity index (χ3v) is 8.69. The minimum absolute atomic E-state index is 0.318. The summed E-state index contributed by atoms with van der Waals surface area (Å²) in [5.74, 6) is 1.36. The molecule has 1 fully saturated rings. The number of para-hydroxylation sites is 1. The molecule has 0 radical (unpaired) electrons. The van der Waals surface area contributed by atoms with Gasteiger partial charge in [-0.1, -0.05) is 70.5 Å². The molecule has 0 saturated heterocycles. The highest BCUT2D eigenvalue weighted by molar-refractivity contribution is 5.82. The second-order valence-electron chi connectivity index (χ2n) is 11.1. The van der Waals surface area contributed by atoms with Gasteiger partial charge < -0.3 is 10.3 Å². The van der Waals surface area contributed by atoms with Gasteiger partial charge in [-0.15, -0.1) is 0 Å². The summed E-state index contributed by atoms with van der Waals surface area (Å²) in [6.45, 7) is 11.8. The van der Waals surface area contributed by atoms with E-state index in [1.54, 1.807) is 11.1 Å². The molecule has 0 spiro atoms. The smallest absolute Gasteiger partial charge is 0.0457 e. The van der Waals surface area contributed by atoms with Gasteiger partial charge in [-0.3, -0.25) is 0 Å². The zero-order chi connectivity index (χ0) is 21.6. The average Bonchev–Trinajstić information content (AvgIpc) is 3.16. The molecule has 1 aromatic heterocycles. The van der Waals surface area contributed by atoms with Crippen LogP contribution in [0.1, 0.15) is 81.5 Å². The molecule has 3 aromatic rings. The van der Waals surface area contributed by atoms with Gasteiger partial charge >= 0.3 is 0 Å². The van der Waals surface area contributed by atoms with E-state index in [0.29, 0.717) is 16.7 Å². The second-order valence-corrected chi connectivity index (χ2v) is 11.1. The quantitative estimate of drug-likeness (QED) is 0.458. The summed E-state index contributed by atoms with van der Waals surface area (Å²) in [6, 6.07) is 16.0. The van der Waals surface area contributed by atoms with E-state index in [2.05, 4.69) is 86.7 Å². The molecule has 31 heavy (non-hydrogen) atoms. The molecule has 2 heteroatoms. The topological polar surface area (TPSA) is 27.8 Å². The molecule has 3 atom stereocenters. The molecule has 1 heterocycles. The van der Waals surface area contributed by atoms with Gasteiger partial charge in [0, 0.05) is 30.2 Å². The third kappa shape index (κ3) is 3.53. The van der Waals surface area contributed by atoms with Crippen LogP contribution in [0.5, 0.6) is 0 Å². The Bertz CT molecular complexity index is 1080. The normalized spacial score (nSPS) is 28.0. The van der Waals surface area contributed by atoms with Crippen molar-refractivity contribution in [3.05, 3.63) is 70.9 Å². The van der Waals surface area contributed by atoms with Crippen LogP contribution in [0.2, 0.25) is 0 Å². The van der Waals surface area contributed by atoms with Crippen LogP contribution in [-0.4, -0.2) is 11.5 Å². The molecule has 5 rings (SSSR count). The van der Waals surface area contributed by atoms with Crippen molar-refractivity contribution in [2.24, 2.45) is 11.3 Å². The SMILES string of the molecule is CC(C)c1ccc2c(c1)CC[C@@H]1[C@@](C)(CNCc3c[nH]c4ccccc34)CCC[C@]21C. The lowest BCUT2D eigenvalue weighted by atomic mass is 9.49. The zero-order valence-corrected chi connectivity index (χ0v) is 19.7. The first-order valence-corrected chi connectivity index (χ1v) is 12.3. The molecule has 2 aromatic carbocycles. The first-order chi connectivity index (χ1) is 14.9.